The van der Waals surface area contributed by atoms with Crippen molar-refractivity contribution in [3.05, 3.63) is 52.3 Å². The second kappa shape index (κ2) is 5.61. The van der Waals surface area contributed by atoms with E-state index in [1.807, 2.05) is 19.1 Å². The number of hydrogen-bond donors (Lipinski definition) is 1. The number of halogens is 2. The molecule has 0 saturated carbocycles. The van der Waals surface area contributed by atoms with Crippen molar-refractivity contribution in [3.8, 4) is 22.5 Å². The van der Waals surface area contributed by atoms with Crippen LogP contribution in [0, 0.1) is 5.82 Å². The van der Waals surface area contributed by atoms with Gasteiger partial charge in [-0.1, -0.05) is 29.8 Å². The van der Waals surface area contributed by atoms with Crippen molar-refractivity contribution in [2.24, 2.45) is 12.8 Å². The first kappa shape index (κ1) is 16.2. The van der Waals surface area contributed by atoms with Crippen molar-refractivity contribution in [1.82, 2.24) is 20.2 Å². The Morgan fingerprint density at radius 3 is 2.80 bits per heavy atom. The van der Waals surface area contributed by atoms with Crippen LogP contribution in [0.5, 0.6) is 0 Å². The van der Waals surface area contributed by atoms with E-state index >= 15 is 0 Å². The summed E-state index contributed by atoms with van der Waals surface area (Å²) in [6.45, 7) is 2.03. The van der Waals surface area contributed by atoms with Gasteiger partial charge in [0.2, 0.25) is 5.82 Å². The fourth-order valence-corrected chi connectivity index (χ4v) is 3.67. The molecule has 2 N–H and O–H groups in total. The Hall–Kier alpha value is -2.31. The molecule has 1 aromatic heterocycles. The van der Waals surface area contributed by atoms with Crippen molar-refractivity contribution in [3.63, 3.8) is 0 Å². The normalized spacial score (nSPS) is 19.2. The first-order valence-electron chi connectivity index (χ1n) is 8.01. The zero-order valence-corrected chi connectivity index (χ0v) is 14.7. The van der Waals surface area contributed by atoms with Crippen molar-refractivity contribution in [2.45, 2.75) is 25.3 Å². The number of fused-ring (bicyclic) bond motifs is 1. The van der Waals surface area contributed by atoms with Gasteiger partial charge in [-0.25, -0.2) is 4.39 Å². The topological polar surface area (TPSA) is 69.6 Å². The third-order valence-electron chi connectivity index (χ3n) is 4.73. The smallest absolute Gasteiger partial charge is 0.208 e. The summed E-state index contributed by atoms with van der Waals surface area (Å²) in [7, 11) is 1.64. The third-order valence-corrected chi connectivity index (χ3v) is 4.95. The summed E-state index contributed by atoms with van der Waals surface area (Å²) >= 11 is 6.11. The van der Waals surface area contributed by atoms with Crippen LogP contribution in [-0.2, 0) is 19.0 Å². The van der Waals surface area contributed by atoms with Crippen LogP contribution < -0.4 is 5.73 Å². The summed E-state index contributed by atoms with van der Waals surface area (Å²) in [6.07, 6.45) is 1.80. The fourth-order valence-electron chi connectivity index (χ4n) is 3.47. The molecule has 7 heteroatoms. The Bertz CT molecular complexity index is 980. The molecule has 0 fully saturated rings. The van der Waals surface area contributed by atoms with Crippen molar-refractivity contribution < 1.29 is 4.39 Å². The second-order valence-electron chi connectivity index (χ2n) is 6.70. The number of hydrogen-bond acceptors (Lipinski definition) is 4. The largest absolute Gasteiger partial charge is 0.322 e. The highest BCUT2D eigenvalue weighted by Crippen LogP contribution is 2.40. The van der Waals surface area contributed by atoms with E-state index in [2.05, 4.69) is 21.5 Å². The van der Waals surface area contributed by atoms with E-state index in [0.717, 1.165) is 24.0 Å². The van der Waals surface area contributed by atoms with Gasteiger partial charge in [0.15, 0.2) is 0 Å². The van der Waals surface area contributed by atoms with Gasteiger partial charge in [-0.2, -0.15) is 4.80 Å². The highest BCUT2D eigenvalue weighted by Gasteiger charge is 2.30. The maximum absolute atomic E-state index is 14.7. The fraction of sp³-hybridized carbons (Fsp3) is 0.278. The number of tetrazole rings is 1. The lowest BCUT2D eigenvalue weighted by Gasteiger charge is -2.19. The molecule has 0 amide bonds. The maximum Gasteiger partial charge on any atom is 0.208 e. The van der Waals surface area contributed by atoms with Gasteiger partial charge in [0.05, 0.1) is 12.6 Å². The molecule has 1 heterocycles. The number of nitrogens with two attached hydrogens (primary N) is 1. The highest BCUT2D eigenvalue weighted by molar-refractivity contribution is 6.31. The second-order valence-corrected chi connectivity index (χ2v) is 7.14. The quantitative estimate of drug-likeness (QED) is 0.762. The molecule has 128 valence electrons. The lowest BCUT2D eigenvalue weighted by Crippen LogP contribution is -2.29. The molecule has 0 bridgehead atoms. The van der Waals surface area contributed by atoms with E-state index in [9.17, 15) is 4.39 Å². The van der Waals surface area contributed by atoms with E-state index in [1.165, 1.54) is 16.4 Å². The van der Waals surface area contributed by atoms with E-state index in [0.29, 0.717) is 16.1 Å². The van der Waals surface area contributed by atoms with Gasteiger partial charge in [0.25, 0.3) is 0 Å². The first-order chi connectivity index (χ1) is 11.8. The van der Waals surface area contributed by atoms with Gasteiger partial charge in [-0.15, -0.1) is 10.2 Å². The van der Waals surface area contributed by atoms with Gasteiger partial charge in [-0.3, -0.25) is 0 Å². The minimum absolute atomic E-state index is 0.232. The van der Waals surface area contributed by atoms with Gasteiger partial charge >= 0.3 is 0 Å². The first-order valence-corrected chi connectivity index (χ1v) is 8.39. The molecule has 1 atom stereocenters. The van der Waals surface area contributed by atoms with Gasteiger partial charge in [-0.05, 0) is 59.4 Å². The summed E-state index contributed by atoms with van der Waals surface area (Å²) in [4.78, 5) is 1.30. The average Bonchev–Trinajstić information content (AvgIpc) is 3.10. The van der Waals surface area contributed by atoms with Gasteiger partial charge in [0.1, 0.15) is 5.82 Å². The van der Waals surface area contributed by atoms with Crippen LogP contribution in [-0.4, -0.2) is 20.2 Å². The summed E-state index contributed by atoms with van der Waals surface area (Å²) < 4.78 is 14.7. The molecule has 2 aromatic carbocycles. The van der Waals surface area contributed by atoms with Crippen molar-refractivity contribution in [1.29, 1.82) is 0 Å². The zero-order chi connectivity index (χ0) is 17.8. The molecule has 1 aliphatic rings. The predicted molar refractivity (Wildman–Crippen MR) is 94.5 cm³/mol. The lowest BCUT2D eigenvalue weighted by molar-refractivity contribution is 0.492. The molecular formula is C18H17ClFN5. The van der Waals surface area contributed by atoms with Crippen LogP contribution in [0.2, 0.25) is 5.02 Å². The molecule has 0 saturated heterocycles. The number of aromatic nitrogens is 4. The predicted octanol–water partition coefficient (Wildman–Crippen LogP) is 3.46. The van der Waals surface area contributed by atoms with E-state index in [1.54, 1.807) is 13.1 Å². The monoisotopic (exact) mass is 357 g/mol. The van der Waals surface area contributed by atoms with Crippen LogP contribution in [0.3, 0.4) is 0 Å². The Balaban J connectivity index is 1.92. The Kier molecular flexibility index (Phi) is 3.63. The molecule has 5 nitrogen and oxygen atoms in total. The van der Waals surface area contributed by atoms with E-state index in [-0.39, 0.29) is 11.4 Å². The SMILES string of the molecule is Cn1nnc(-c2c(F)cc(Cl)cc2-c2ccc3c(c2)CCC3(C)N)n1. The maximum atomic E-state index is 14.7. The standard InChI is InChI=1S/C18H17ClFN5/c1-18(21)6-5-11-7-10(3-4-14(11)18)13-8-12(19)9-15(20)16(13)17-22-24-25(2)23-17/h3-4,7-9H,5-6,21H2,1-2H3. The summed E-state index contributed by atoms with van der Waals surface area (Å²) in [6, 6.07) is 9.01. The molecule has 0 aliphatic heterocycles. The Morgan fingerprint density at radius 2 is 2.08 bits per heavy atom. The summed E-state index contributed by atoms with van der Waals surface area (Å²) in [5.41, 5.74) is 10.1. The Labute approximate surface area is 149 Å². The van der Waals surface area contributed by atoms with Gasteiger partial charge < -0.3 is 5.73 Å². The average molecular weight is 358 g/mol. The van der Waals surface area contributed by atoms with Gasteiger partial charge in [0, 0.05) is 10.6 Å². The molecule has 1 unspecified atom stereocenters. The molecular weight excluding hydrogens is 341 g/mol. The minimum Gasteiger partial charge on any atom is -0.322 e. The zero-order valence-electron chi connectivity index (χ0n) is 13.9. The summed E-state index contributed by atoms with van der Waals surface area (Å²) in [5.74, 6) is -0.240. The van der Waals surface area contributed by atoms with Crippen molar-refractivity contribution in [2.75, 3.05) is 0 Å². The molecule has 1 aliphatic carbocycles. The molecule has 0 radical (unpaired) electrons. The highest BCUT2D eigenvalue weighted by atomic mass is 35.5. The third kappa shape index (κ3) is 2.71. The molecule has 0 spiro atoms. The Morgan fingerprint density at radius 1 is 1.28 bits per heavy atom. The number of nitrogens with zero attached hydrogens (tertiary/aromatic N) is 4. The molecule has 3 aromatic rings. The summed E-state index contributed by atoms with van der Waals surface area (Å²) in [5, 5.41) is 12.2. The van der Waals surface area contributed by atoms with Crippen LogP contribution in [0.1, 0.15) is 24.5 Å². The lowest BCUT2D eigenvalue weighted by atomic mass is 9.92. The van der Waals surface area contributed by atoms with E-state index < -0.39 is 5.82 Å². The molecule has 4 rings (SSSR count). The van der Waals surface area contributed by atoms with Crippen LogP contribution in [0.25, 0.3) is 22.5 Å². The van der Waals surface area contributed by atoms with Crippen LogP contribution in [0.15, 0.2) is 30.3 Å². The number of benzene rings is 2. The van der Waals surface area contributed by atoms with Crippen LogP contribution >= 0.6 is 11.6 Å². The number of aryl methyl sites for hydroxylation is 2. The molecule has 25 heavy (non-hydrogen) atoms. The van der Waals surface area contributed by atoms with Crippen LogP contribution in [0.4, 0.5) is 4.39 Å². The minimum atomic E-state index is -0.473. The van der Waals surface area contributed by atoms with Crippen molar-refractivity contribution >= 4 is 11.6 Å². The van der Waals surface area contributed by atoms with E-state index in [4.69, 9.17) is 17.3 Å². The number of rotatable bonds is 2.